The number of hydrogen-bond acceptors (Lipinski definition) is 5. The van der Waals surface area contributed by atoms with Crippen LogP contribution in [0.15, 0.2) is 65.8 Å². The SMILES string of the molecule is CC(c1cccc(C(C)C2(O)C=CC(C(F)(F)F)=CC2=N)n1)C1(O)C=CC(C(F)(F)F)=CC1=N. The Morgan fingerprint density at radius 2 is 1.12 bits per heavy atom. The van der Waals surface area contributed by atoms with Gasteiger partial charge in [0.25, 0.3) is 0 Å². The molecule has 1 heterocycles. The second-order valence-electron chi connectivity index (χ2n) is 8.27. The van der Waals surface area contributed by atoms with Crippen LogP contribution in [0.2, 0.25) is 0 Å². The highest BCUT2D eigenvalue weighted by Crippen LogP contribution is 2.39. The molecule has 0 amide bonds. The van der Waals surface area contributed by atoms with E-state index in [9.17, 15) is 36.6 Å². The number of nitrogens with one attached hydrogen (secondary N) is 2. The third-order valence-electron chi connectivity index (χ3n) is 6.15. The molecule has 34 heavy (non-hydrogen) atoms. The number of nitrogens with zero attached hydrogens (tertiary/aromatic N) is 1. The van der Waals surface area contributed by atoms with E-state index in [0.717, 1.165) is 12.2 Å². The molecule has 2 aliphatic carbocycles. The topological polar surface area (TPSA) is 101 Å². The molecule has 0 spiro atoms. The van der Waals surface area contributed by atoms with Crippen LogP contribution in [-0.4, -0.2) is 50.2 Å². The van der Waals surface area contributed by atoms with E-state index in [1.807, 2.05) is 0 Å². The zero-order chi connectivity index (χ0) is 25.7. The fourth-order valence-corrected chi connectivity index (χ4v) is 3.76. The molecule has 0 saturated heterocycles. The zero-order valence-electron chi connectivity index (χ0n) is 18.0. The van der Waals surface area contributed by atoms with Crippen molar-refractivity contribution in [2.45, 2.75) is 49.2 Å². The molecule has 4 atom stereocenters. The Kier molecular flexibility index (Phi) is 6.25. The summed E-state index contributed by atoms with van der Waals surface area (Å²) in [6, 6.07) is 4.44. The summed E-state index contributed by atoms with van der Waals surface area (Å²) < 4.78 is 77.7. The van der Waals surface area contributed by atoms with Crippen molar-refractivity contribution in [2.75, 3.05) is 0 Å². The van der Waals surface area contributed by atoms with Crippen molar-refractivity contribution in [2.24, 2.45) is 0 Å². The van der Waals surface area contributed by atoms with E-state index in [1.165, 1.54) is 32.0 Å². The minimum Gasteiger partial charge on any atom is -0.379 e. The van der Waals surface area contributed by atoms with Gasteiger partial charge in [-0.2, -0.15) is 26.3 Å². The fourth-order valence-electron chi connectivity index (χ4n) is 3.76. The van der Waals surface area contributed by atoms with E-state index in [2.05, 4.69) is 4.98 Å². The van der Waals surface area contributed by atoms with Crippen LogP contribution < -0.4 is 0 Å². The van der Waals surface area contributed by atoms with Gasteiger partial charge in [-0.15, -0.1) is 0 Å². The van der Waals surface area contributed by atoms with E-state index in [4.69, 9.17) is 10.8 Å². The fraction of sp³-hybridized carbons (Fsp3) is 0.348. The Morgan fingerprint density at radius 1 is 0.765 bits per heavy atom. The molecule has 1 aromatic heterocycles. The molecule has 3 rings (SSSR count). The quantitative estimate of drug-likeness (QED) is 0.456. The standard InChI is InChI=1S/C23H21F6N3O2/c1-12(20(33)8-6-14(10-18(20)30)22(24,25)26)16-4-3-5-17(32-16)13(2)21(34)9-7-15(11-19(21)31)23(27,28)29/h3-13,30-31,33-34H,1-2H3. The Hall–Kier alpha value is -3.05. The number of alkyl halides is 6. The van der Waals surface area contributed by atoms with Crippen LogP contribution in [0.5, 0.6) is 0 Å². The summed E-state index contributed by atoms with van der Waals surface area (Å²) in [4.78, 5) is 4.35. The van der Waals surface area contributed by atoms with Crippen molar-refractivity contribution in [3.05, 3.63) is 77.2 Å². The molecule has 5 nitrogen and oxygen atoms in total. The first kappa shape index (κ1) is 25.6. The van der Waals surface area contributed by atoms with Gasteiger partial charge in [0, 0.05) is 23.2 Å². The summed E-state index contributed by atoms with van der Waals surface area (Å²) >= 11 is 0. The molecule has 182 valence electrons. The number of rotatable bonds is 4. The third kappa shape index (κ3) is 4.49. The van der Waals surface area contributed by atoms with Crippen LogP contribution in [0.3, 0.4) is 0 Å². The number of aliphatic hydroxyl groups is 2. The lowest BCUT2D eigenvalue weighted by Gasteiger charge is -2.35. The lowest BCUT2D eigenvalue weighted by molar-refractivity contribution is -0.0893. The average molecular weight is 485 g/mol. The highest BCUT2D eigenvalue weighted by molar-refractivity contribution is 6.04. The van der Waals surface area contributed by atoms with E-state index in [0.29, 0.717) is 24.3 Å². The second-order valence-corrected chi connectivity index (χ2v) is 8.27. The maximum Gasteiger partial charge on any atom is 0.416 e. The van der Waals surface area contributed by atoms with Gasteiger partial charge in [-0.05, 0) is 36.4 Å². The van der Waals surface area contributed by atoms with Crippen LogP contribution in [0.4, 0.5) is 26.3 Å². The molecule has 0 aromatic carbocycles. The van der Waals surface area contributed by atoms with Crippen LogP contribution in [0.1, 0.15) is 37.1 Å². The van der Waals surface area contributed by atoms with Gasteiger partial charge in [0.15, 0.2) is 0 Å². The molecule has 4 N–H and O–H groups in total. The highest BCUT2D eigenvalue weighted by Gasteiger charge is 2.45. The lowest BCUT2D eigenvalue weighted by Crippen LogP contribution is -2.44. The lowest BCUT2D eigenvalue weighted by atomic mass is 9.77. The van der Waals surface area contributed by atoms with E-state index >= 15 is 0 Å². The number of hydrogen-bond donors (Lipinski definition) is 4. The minimum atomic E-state index is -4.69. The predicted octanol–water partition coefficient (Wildman–Crippen LogP) is 4.91. The van der Waals surface area contributed by atoms with Crippen LogP contribution in [-0.2, 0) is 0 Å². The van der Waals surface area contributed by atoms with Gasteiger partial charge in [0.1, 0.15) is 11.2 Å². The van der Waals surface area contributed by atoms with Gasteiger partial charge in [0.05, 0.1) is 22.6 Å². The van der Waals surface area contributed by atoms with Crippen molar-refractivity contribution >= 4 is 11.4 Å². The summed E-state index contributed by atoms with van der Waals surface area (Å²) in [5.74, 6) is -1.97. The monoisotopic (exact) mass is 485 g/mol. The summed E-state index contributed by atoms with van der Waals surface area (Å²) in [5, 5.41) is 37.9. The molecular weight excluding hydrogens is 464 g/mol. The Labute approximate surface area is 190 Å². The van der Waals surface area contributed by atoms with Gasteiger partial charge in [0.2, 0.25) is 0 Å². The van der Waals surface area contributed by atoms with Crippen LogP contribution >= 0.6 is 0 Å². The van der Waals surface area contributed by atoms with Gasteiger partial charge >= 0.3 is 12.4 Å². The molecule has 11 heteroatoms. The molecule has 4 unspecified atom stereocenters. The van der Waals surface area contributed by atoms with Crippen molar-refractivity contribution in [1.82, 2.24) is 4.98 Å². The van der Waals surface area contributed by atoms with E-state index < -0.39 is 58.0 Å². The summed E-state index contributed by atoms with van der Waals surface area (Å²) in [6.45, 7) is 2.91. The third-order valence-corrected chi connectivity index (χ3v) is 6.15. The number of pyridine rings is 1. The molecule has 1 aromatic rings. The zero-order valence-corrected chi connectivity index (χ0v) is 18.0. The smallest absolute Gasteiger partial charge is 0.379 e. The summed E-state index contributed by atoms with van der Waals surface area (Å²) in [7, 11) is 0. The van der Waals surface area contributed by atoms with Gasteiger partial charge in [-0.25, -0.2) is 0 Å². The van der Waals surface area contributed by atoms with E-state index in [1.54, 1.807) is 0 Å². The molecule has 0 radical (unpaired) electrons. The maximum atomic E-state index is 12.9. The molecule has 2 aliphatic rings. The molecule has 0 aliphatic heterocycles. The predicted molar refractivity (Wildman–Crippen MR) is 113 cm³/mol. The Morgan fingerprint density at radius 3 is 1.41 bits per heavy atom. The summed E-state index contributed by atoms with van der Waals surface area (Å²) in [6.07, 6.45) is -5.20. The average Bonchev–Trinajstić information content (AvgIpc) is 2.75. The van der Waals surface area contributed by atoms with Crippen molar-refractivity contribution in [3.8, 4) is 0 Å². The number of allylic oxidation sites excluding steroid dienone is 4. The van der Waals surface area contributed by atoms with Crippen LogP contribution in [0, 0.1) is 10.8 Å². The number of halogens is 6. The first-order chi connectivity index (χ1) is 15.5. The molecule has 0 saturated carbocycles. The normalized spacial score (nSPS) is 27.4. The van der Waals surface area contributed by atoms with Gasteiger partial charge in [-0.3, -0.25) is 4.98 Å². The molecular formula is C23H21F6N3O2. The maximum absolute atomic E-state index is 12.9. The van der Waals surface area contributed by atoms with E-state index in [-0.39, 0.29) is 11.4 Å². The van der Waals surface area contributed by atoms with Crippen molar-refractivity contribution in [1.29, 1.82) is 10.8 Å². The highest BCUT2D eigenvalue weighted by atomic mass is 19.4. The first-order valence-corrected chi connectivity index (χ1v) is 10.1. The second kappa shape index (κ2) is 8.31. The largest absolute Gasteiger partial charge is 0.416 e. The van der Waals surface area contributed by atoms with Crippen molar-refractivity contribution in [3.63, 3.8) is 0 Å². The molecule has 0 fully saturated rings. The van der Waals surface area contributed by atoms with Gasteiger partial charge in [-0.1, -0.05) is 32.1 Å². The minimum absolute atomic E-state index is 0.173. The van der Waals surface area contributed by atoms with Crippen molar-refractivity contribution < 1.29 is 36.6 Å². The summed E-state index contributed by atoms with van der Waals surface area (Å²) in [5.41, 5.74) is -7.38. The van der Waals surface area contributed by atoms with Crippen LogP contribution in [0.25, 0.3) is 0 Å². The number of aromatic nitrogens is 1. The Balaban J connectivity index is 1.90. The molecule has 0 bridgehead atoms. The van der Waals surface area contributed by atoms with Gasteiger partial charge < -0.3 is 21.0 Å². The first-order valence-electron chi connectivity index (χ1n) is 10.1. The Bertz CT molecular complexity index is 1060.